The highest BCUT2D eigenvalue weighted by Gasteiger charge is 2.08. The van der Waals surface area contributed by atoms with Crippen molar-refractivity contribution < 1.29 is 4.79 Å². The Labute approximate surface area is 142 Å². The van der Waals surface area contributed by atoms with Crippen LogP contribution in [0.15, 0.2) is 34.1 Å². The van der Waals surface area contributed by atoms with Crippen molar-refractivity contribution in [2.45, 2.75) is 12.8 Å². The van der Waals surface area contributed by atoms with E-state index in [9.17, 15) is 4.79 Å². The molecule has 0 saturated carbocycles. The van der Waals surface area contributed by atoms with Crippen LogP contribution in [0.5, 0.6) is 0 Å². The Morgan fingerprint density at radius 1 is 1.43 bits per heavy atom. The molecular formula is C14H17BrClN3OS. The van der Waals surface area contributed by atoms with Crippen molar-refractivity contribution in [1.29, 1.82) is 0 Å². The van der Waals surface area contributed by atoms with Gasteiger partial charge in [0.2, 0.25) is 5.91 Å². The molecular weight excluding hydrogens is 374 g/mol. The Bertz CT molecular complexity index is 591. The fourth-order valence-electron chi connectivity index (χ4n) is 1.72. The number of nitrogens with one attached hydrogen (secondary N) is 2. The van der Waals surface area contributed by atoms with Gasteiger partial charge >= 0.3 is 0 Å². The molecule has 0 radical (unpaired) electrons. The number of amides is 1. The summed E-state index contributed by atoms with van der Waals surface area (Å²) in [6, 6.07) is 7.95. The second kappa shape index (κ2) is 9.15. The monoisotopic (exact) mass is 389 g/mol. The molecule has 4 nitrogen and oxygen atoms in total. The molecule has 0 saturated heterocycles. The van der Waals surface area contributed by atoms with Gasteiger partial charge in [0.15, 0.2) is 5.13 Å². The van der Waals surface area contributed by atoms with Gasteiger partial charge in [-0.25, -0.2) is 4.98 Å². The summed E-state index contributed by atoms with van der Waals surface area (Å²) in [6.45, 7) is 0.842. The van der Waals surface area contributed by atoms with E-state index in [-0.39, 0.29) is 18.3 Å². The van der Waals surface area contributed by atoms with E-state index >= 15 is 0 Å². The molecule has 1 heterocycles. The first kappa shape index (κ1) is 18.1. The molecule has 0 bridgehead atoms. The van der Waals surface area contributed by atoms with Crippen LogP contribution in [0.2, 0.25) is 0 Å². The van der Waals surface area contributed by atoms with Crippen LogP contribution in [0.1, 0.15) is 12.8 Å². The number of aromatic nitrogens is 1. The van der Waals surface area contributed by atoms with Crippen LogP contribution in [-0.4, -0.2) is 24.5 Å². The van der Waals surface area contributed by atoms with Crippen molar-refractivity contribution in [1.82, 2.24) is 10.3 Å². The van der Waals surface area contributed by atoms with Crippen LogP contribution in [0.4, 0.5) is 5.13 Å². The summed E-state index contributed by atoms with van der Waals surface area (Å²) in [5.74, 6) is 0.00962. The maximum Gasteiger partial charge on any atom is 0.226 e. The Hall–Kier alpha value is -0.950. The van der Waals surface area contributed by atoms with Gasteiger partial charge in [-0.2, -0.15) is 0 Å². The average Bonchev–Trinajstić information content (AvgIpc) is 2.87. The summed E-state index contributed by atoms with van der Waals surface area (Å²) in [6.07, 6.45) is 1.33. The van der Waals surface area contributed by atoms with Gasteiger partial charge in [0, 0.05) is 21.8 Å². The lowest BCUT2D eigenvalue weighted by atomic mass is 10.2. The third kappa shape index (κ3) is 5.74. The number of nitrogens with zero attached hydrogens (tertiary/aromatic N) is 1. The predicted octanol–water partition coefficient (Wildman–Crippen LogP) is 3.93. The van der Waals surface area contributed by atoms with Crippen molar-refractivity contribution in [3.8, 4) is 11.3 Å². The summed E-state index contributed by atoms with van der Waals surface area (Å²) < 4.78 is 1.01. The van der Waals surface area contributed by atoms with E-state index in [0.29, 0.717) is 11.6 Å². The van der Waals surface area contributed by atoms with Crippen molar-refractivity contribution in [2.75, 3.05) is 18.9 Å². The SMILES string of the molecule is CNCCCC(=O)Nc1nc(-c2cccc(Br)c2)cs1.Cl. The highest BCUT2D eigenvalue weighted by molar-refractivity contribution is 9.10. The third-order valence-electron chi connectivity index (χ3n) is 2.70. The average molecular weight is 391 g/mol. The summed E-state index contributed by atoms with van der Waals surface area (Å²) in [7, 11) is 1.88. The lowest BCUT2D eigenvalue weighted by molar-refractivity contribution is -0.116. The summed E-state index contributed by atoms with van der Waals surface area (Å²) in [5.41, 5.74) is 1.91. The van der Waals surface area contributed by atoms with Gasteiger partial charge in [-0.1, -0.05) is 28.1 Å². The molecule has 7 heteroatoms. The topological polar surface area (TPSA) is 54.0 Å². The minimum Gasteiger partial charge on any atom is -0.320 e. The fourth-order valence-corrected chi connectivity index (χ4v) is 2.85. The first-order valence-corrected chi connectivity index (χ1v) is 8.02. The van der Waals surface area contributed by atoms with Crippen molar-refractivity contribution in [2.24, 2.45) is 0 Å². The van der Waals surface area contributed by atoms with Crippen molar-refractivity contribution >= 4 is 50.7 Å². The molecule has 1 aromatic carbocycles. The van der Waals surface area contributed by atoms with Crippen LogP contribution in [-0.2, 0) is 4.79 Å². The lowest BCUT2D eigenvalue weighted by Gasteiger charge is -2.01. The van der Waals surface area contributed by atoms with Gasteiger partial charge < -0.3 is 10.6 Å². The molecule has 2 aromatic rings. The van der Waals surface area contributed by atoms with Gasteiger partial charge in [0.05, 0.1) is 5.69 Å². The molecule has 0 unspecified atom stereocenters. The number of carbonyl (C=O) groups excluding carboxylic acids is 1. The molecule has 0 aliphatic heterocycles. The first-order chi connectivity index (χ1) is 9.69. The molecule has 114 valence electrons. The normalized spacial score (nSPS) is 10.0. The molecule has 1 aromatic heterocycles. The Morgan fingerprint density at radius 3 is 2.95 bits per heavy atom. The van der Waals surface area contributed by atoms with Gasteiger partial charge in [0.1, 0.15) is 0 Å². The second-order valence-electron chi connectivity index (χ2n) is 4.30. The lowest BCUT2D eigenvalue weighted by Crippen LogP contribution is -2.15. The van der Waals surface area contributed by atoms with Crippen molar-refractivity contribution in [3.63, 3.8) is 0 Å². The number of carbonyl (C=O) groups is 1. The zero-order chi connectivity index (χ0) is 14.4. The van der Waals surface area contributed by atoms with Gasteiger partial charge in [0.25, 0.3) is 0 Å². The highest BCUT2D eigenvalue weighted by atomic mass is 79.9. The van der Waals surface area contributed by atoms with Crippen LogP contribution in [0.25, 0.3) is 11.3 Å². The number of thiazole rings is 1. The van der Waals surface area contributed by atoms with E-state index < -0.39 is 0 Å². The molecule has 2 N–H and O–H groups in total. The number of halogens is 2. The molecule has 0 aliphatic carbocycles. The molecule has 0 atom stereocenters. The smallest absolute Gasteiger partial charge is 0.226 e. The highest BCUT2D eigenvalue weighted by Crippen LogP contribution is 2.26. The third-order valence-corrected chi connectivity index (χ3v) is 3.95. The van der Waals surface area contributed by atoms with Crippen LogP contribution >= 0.6 is 39.7 Å². The fraction of sp³-hybridized carbons (Fsp3) is 0.286. The number of hydrogen-bond acceptors (Lipinski definition) is 4. The number of rotatable bonds is 6. The van der Waals surface area contributed by atoms with E-state index in [1.165, 1.54) is 11.3 Å². The summed E-state index contributed by atoms with van der Waals surface area (Å²) in [4.78, 5) is 16.1. The zero-order valence-electron chi connectivity index (χ0n) is 11.6. The van der Waals surface area contributed by atoms with Crippen LogP contribution in [0, 0.1) is 0 Å². The van der Waals surface area contributed by atoms with E-state index in [0.717, 1.165) is 28.7 Å². The molecule has 0 aliphatic rings. The summed E-state index contributed by atoms with van der Waals surface area (Å²) in [5, 5.41) is 8.45. The Kier molecular flexibility index (Phi) is 7.88. The minimum absolute atomic E-state index is 0. The quantitative estimate of drug-likeness (QED) is 0.735. The van der Waals surface area contributed by atoms with E-state index in [1.54, 1.807) is 0 Å². The Balaban J connectivity index is 0.00000220. The van der Waals surface area contributed by atoms with Gasteiger partial charge in [-0.3, -0.25) is 4.79 Å². The maximum atomic E-state index is 11.7. The second-order valence-corrected chi connectivity index (χ2v) is 6.08. The van der Waals surface area contributed by atoms with E-state index in [4.69, 9.17) is 0 Å². The molecule has 0 fully saturated rings. The summed E-state index contributed by atoms with van der Waals surface area (Å²) >= 11 is 4.89. The Morgan fingerprint density at radius 2 is 2.24 bits per heavy atom. The number of benzene rings is 1. The standard InChI is InChI=1S/C14H16BrN3OS.ClH/c1-16-7-3-6-13(19)18-14-17-12(9-20-14)10-4-2-5-11(15)8-10;/h2,4-5,8-9,16H,3,6-7H2,1H3,(H,17,18,19);1H. The van der Waals surface area contributed by atoms with Gasteiger partial charge in [-0.15, -0.1) is 23.7 Å². The van der Waals surface area contributed by atoms with E-state index in [2.05, 4.69) is 31.5 Å². The molecule has 2 rings (SSSR count). The first-order valence-electron chi connectivity index (χ1n) is 6.35. The molecule has 0 spiro atoms. The number of hydrogen-bond donors (Lipinski definition) is 2. The molecule has 21 heavy (non-hydrogen) atoms. The zero-order valence-corrected chi connectivity index (χ0v) is 14.8. The molecule has 1 amide bonds. The van der Waals surface area contributed by atoms with Crippen molar-refractivity contribution in [3.05, 3.63) is 34.1 Å². The minimum atomic E-state index is 0. The van der Waals surface area contributed by atoms with Crippen LogP contribution < -0.4 is 10.6 Å². The van der Waals surface area contributed by atoms with Gasteiger partial charge in [-0.05, 0) is 32.1 Å². The largest absolute Gasteiger partial charge is 0.320 e. The van der Waals surface area contributed by atoms with Crippen LogP contribution in [0.3, 0.4) is 0 Å². The number of anilines is 1. The predicted molar refractivity (Wildman–Crippen MR) is 94.3 cm³/mol. The maximum absolute atomic E-state index is 11.7. The van der Waals surface area contributed by atoms with E-state index in [1.807, 2.05) is 36.7 Å².